The second-order valence-corrected chi connectivity index (χ2v) is 6.82. The second-order valence-electron chi connectivity index (χ2n) is 5.61. The lowest BCUT2D eigenvalue weighted by molar-refractivity contribution is 0.101. The zero-order valence-corrected chi connectivity index (χ0v) is 14.5. The molecule has 128 valence electrons. The van der Waals surface area contributed by atoms with E-state index in [1.165, 1.54) is 0 Å². The summed E-state index contributed by atoms with van der Waals surface area (Å²) in [5.41, 5.74) is 3.01. The second kappa shape index (κ2) is 7.11. The summed E-state index contributed by atoms with van der Waals surface area (Å²) in [5.74, 6) is -0.569. The fraction of sp³-hybridized carbons (Fsp3) is 0.158. The van der Waals surface area contributed by atoms with Gasteiger partial charge in [0.1, 0.15) is 10.6 Å². The van der Waals surface area contributed by atoms with Crippen LogP contribution in [0.2, 0.25) is 0 Å². The quantitative estimate of drug-likeness (QED) is 0.658. The number of thiazole rings is 1. The smallest absolute Gasteiger partial charge is 0.282 e. The fourth-order valence-electron chi connectivity index (χ4n) is 2.51. The van der Waals surface area contributed by atoms with Gasteiger partial charge in [0.15, 0.2) is 0 Å². The van der Waals surface area contributed by atoms with Crippen molar-refractivity contribution in [1.29, 1.82) is 0 Å². The van der Waals surface area contributed by atoms with E-state index in [2.05, 4.69) is 10.3 Å². The molecular weight excluding hydrogens is 342 g/mol. The number of amides is 1. The Hall–Kier alpha value is -2.60. The first kappa shape index (κ1) is 17.2. The summed E-state index contributed by atoms with van der Waals surface area (Å²) in [6, 6.07) is 15.2. The summed E-state index contributed by atoms with van der Waals surface area (Å²) in [6.07, 6.45) is -2.78. The summed E-state index contributed by atoms with van der Waals surface area (Å²) < 4.78 is 26.2. The number of para-hydroxylation sites is 1. The van der Waals surface area contributed by atoms with Crippen molar-refractivity contribution < 1.29 is 13.6 Å². The summed E-state index contributed by atoms with van der Waals surface area (Å²) in [7, 11) is 0. The highest BCUT2D eigenvalue weighted by Crippen LogP contribution is 2.31. The molecule has 1 amide bonds. The Morgan fingerprint density at radius 1 is 1.08 bits per heavy atom. The van der Waals surface area contributed by atoms with Gasteiger partial charge in [-0.2, -0.15) is 0 Å². The molecule has 2 aromatic carbocycles. The molecule has 1 aromatic heterocycles. The molecule has 1 heterocycles. The number of hydrogen-bond donors (Lipinski definition) is 1. The maximum absolute atomic E-state index is 13.1. The van der Waals surface area contributed by atoms with Gasteiger partial charge in [0.2, 0.25) is 0 Å². The lowest BCUT2D eigenvalue weighted by Gasteiger charge is -2.11. The summed E-state index contributed by atoms with van der Waals surface area (Å²) in [5, 5.41) is 3.18. The molecular formula is C19H16F2N2OS. The third kappa shape index (κ3) is 3.74. The molecule has 0 unspecified atom stereocenters. The zero-order chi connectivity index (χ0) is 18.0. The Kier molecular flexibility index (Phi) is 4.90. The fourth-order valence-corrected chi connectivity index (χ4v) is 3.33. The van der Waals surface area contributed by atoms with Crippen LogP contribution in [-0.2, 0) is 0 Å². The van der Waals surface area contributed by atoms with Gasteiger partial charge >= 0.3 is 0 Å². The van der Waals surface area contributed by atoms with Gasteiger partial charge in [0.05, 0.1) is 5.01 Å². The lowest BCUT2D eigenvalue weighted by atomic mass is 10.0. The SMILES string of the molecule is Cc1ccc(-c2ccccc2NC(=O)c2sc(C)nc2C(F)F)cc1. The van der Waals surface area contributed by atoms with Crippen molar-refractivity contribution in [3.05, 3.63) is 69.7 Å². The topological polar surface area (TPSA) is 42.0 Å². The predicted molar refractivity (Wildman–Crippen MR) is 96.4 cm³/mol. The molecule has 0 radical (unpaired) electrons. The van der Waals surface area contributed by atoms with Gasteiger partial charge in [-0.15, -0.1) is 11.3 Å². The van der Waals surface area contributed by atoms with Crippen LogP contribution in [0, 0.1) is 13.8 Å². The summed E-state index contributed by atoms with van der Waals surface area (Å²) in [4.78, 5) is 16.2. The number of aryl methyl sites for hydroxylation is 2. The molecule has 3 aromatic rings. The molecule has 0 aliphatic carbocycles. The van der Waals surface area contributed by atoms with Crippen LogP contribution in [-0.4, -0.2) is 10.9 Å². The van der Waals surface area contributed by atoms with Crippen LogP contribution >= 0.6 is 11.3 Å². The van der Waals surface area contributed by atoms with Crippen molar-refractivity contribution in [1.82, 2.24) is 4.98 Å². The van der Waals surface area contributed by atoms with Crippen LogP contribution in [0.5, 0.6) is 0 Å². The van der Waals surface area contributed by atoms with Crippen molar-refractivity contribution in [2.75, 3.05) is 5.32 Å². The van der Waals surface area contributed by atoms with Crippen molar-refractivity contribution in [3.8, 4) is 11.1 Å². The Bertz CT molecular complexity index is 904. The van der Waals surface area contributed by atoms with Crippen molar-refractivity contribution in [2.24, 2.45) is 0 Å². The van der Waals surface area contributed by atoms with E-state index in [9.17, 15) is 13.6 Å². The van der Waals surface area contributed by atoms with Gasteiger partial charge in [0.25, 0.3) is 12.3 Å². The van der Waals surface area contributed by atoms with E-state index in [0.717, 1.165) is 28.0 Å². The molecule has 3 nitrogen and oxygen atoms in total. The highest BCUT2D eigenvalue weighted by molar-refractivity contribution is 7.13. The minimum Gasteiger partial charge on any atom is -0.321 e. The average Bonchev–Trinajstić information content (AvgIpc) is 2.99. The molecule has 6 heteroatoms. The molecule has 25 heavy (non-hydrogen) atoms. The van der Waals surface area contributed by atoms with E-state index in [-0.39, 0.29) is 4.88 Å². The van der Waals surface area contributed by atoms with Crippen molar-refractivity contribution in [2.45, 2.75) is 20.3 Å². The van der Waals surface area contributed by atoms with Gasteiger partial charge in [0, 0.05) is 11.3 Å². The summed E-state index contributed by atoms with van der Waals surface area (Å²) >= 11 is 0.971. The largest absolute Gasteiger partial charge is 0.321 e. The Balaban J connectivity index is 1.94. The van der Waals surface area contributed by atoms with Gasteiger partial charge in [-0.25, -0.2) is 13.8 Å². The molecule has 0 atom stereocenters. The first-order valence-electron chi connectivity index (χ1n) is 7.68. The van der Waals surface area contributed by atoms with Crippen LogP contribution in [0.1, 0.15) is 32.4 Å². The van der Waals surface area contributed by atoms with E-state index >= 15 is 0 Å². The standard InChI is InChI=1S/C19H16F2N2OS/c1-11-7-9-13(10-8-11)14-5-3-4-6-15(14)23-19(24)17-16(18(20)21)22-12(2)25-17/h3-10,18H,1-2H3,(H,23,24). The first-order chi connectivity index (χ1) is 12.0. The minimum atomic E-state index is -2.78. The van der Waals surface area contributed by atoms with Crippen LogP contribution < -0.4 is 5.32 Å². The number of nitrogens with zero attached hydrogens (tertiary/aromatic N) is 1. The first-order valence-corrected chi connectivity index (χ1v) is 8.50. The third-order valence-electron chi connectivity index (χ3n) is 3.71. The molecule has 0 fully saturated rings. The number of benzene rings is 2. The van der Waals surface area contributed by atoms with E-state index in [1.807, 2.05) is 43.3 Å². The number of rotatable bonds is 4. The normalized spacial score (nSPS) is 10.9. The molecule has 1 N–H and O–H groups in total. The van der Waals surface area contributed by atoms with Gasteiger partial charge in [-0.1, -0.05) is 48.0 Å². The molecule has 0 aliphatic heterocycles. The predicted octanol–water partition coefficient (Wildman–Crippen LogP) is 5.62. The van der Waals surface area contributed by atoms with E-state index in [0.29, 0.717) is 10.7 Å². The number of anilines is 1. The molecule has 0 saturated heterocycles. The van der Waals surface area contributed by atoms with Gasteiger partial charge < -0.3 is 5.32 Å². The third-order valence-corrected chi connectivity index (χ3v) is 4.70. The maximum Gasteiger partial charge on any atom is 0.282 e. The molecule has 0 spiro atoms. The number of halogens is 2. The average molecular weight is 358 g/mol. The number of carbonyl (C=O) groups excluding carboxylic acids is 1. The van der Waals surface area contributed by atoms with Gasteiger partial charge in [-0.3, -0.25) is 4.79 Å². The number of aromatic nitrogens is 1. The minimum absolute atomic E-state index is 0.0498. The molecule has 0 bridgehead atoms. The maximum atomic E-state index is 13.1. The Morgan fingerprint density at radius 3 is 2.44 bits per heavy atom. The monoisotopic (exact) mass is 358 g/mol. The van der Waals surface area contributed by atoms with Crippen LogP contribution in [0.25, 0.3) is 11.1 Å². The summed E-state index contributed by atoms with van der Waals surface area (Å²) in [6.45, 7) is 3.60. The number of carbonyl (C=O) groups is 1. The highest BCUT2D eigenvalue weighted by atomic mass is 32.1. The number of alkyl halides is 2. The lowest BCUT2D eigenvalue weighted by Crippen LogP contribution is -2.13. The number of hydrogen-bond acceptors (Lipinski definition) is 3. The van der Waals surface area contributed by atoms with Crippen molar-refractivity contribution in [3.63, 3.8) is 0 Å². The van der Waals surface area contributed by atoms with Crippen LogP contribution in [0.4, 0.5) is 14.5 Å². The Morgan fingerprint density at radius 2 is 1.76 bits per heavy atom. The van der Waals surface area contributed by atoms with Crippen LogP contribution in [0.15, 0.2) is 48.5 Å². The highest BCUT2D eigenvalue weighted by Gasteiger charge is 2.24. The molecule has 0 saturated carbocycles. The number of nitrogens with one attached hydrogen (secondary N) is 1. The van der Waals surface area contributed by atoms with Crippen molar-refractivity contribution >= 4 is 22.9 Å². The molecule has 0 aliphatic rings. The van der Waals surface area contributed by atoms with Gasteiger partial charge in [-0.05, 0) is 25.5 Å². The Labute approximate surface area is 148 Å². The van der Waals surface area contributed by atoms with Crippen LogP contribution in [0.3, 0.4) is 0 Å². The zero-order valence-electron chi connectivity index (χ0n) is 13.7. The van der Waals surface area contributed by atoms with E-state index in [4.69, 9.17) is 0 Å². The van der Waals surface area contributed by atoms with E-state index in [1.54, 1.807) is 19.1 Å². The van der Waals surface area contributed by atoms with E-state index < -0.39 is 18.0 Å². The molecule has 3 rings (SSSR count).